The molecule has 0 aromatic carbocycles. The lowest BCUT2D eigenvalue weighted by molar-refractivity contribution is -0.149. The Morgan fingerprint density at radius 1 is 1.67 bits per heavy atom. The number of halogens is 1. The molecule has 0 aliphatic rings. The second-order valence-electron chi connectivity index (χ2n) is 3.38. The Hall–Kier alpha value is -0.800. The van der Waals surface area contributed by atoms with Crippen molar-refractivity contribution in [3.05, 3.63) is 23.8 Å². The van der Waals surface area contributed by atoms with Crippen LogP contribution in [0, 0.1) is 5.92 Å². The highest BCUT2D eigenvalue weighted by molar-refractivity contribution is 6.25. The van der Waals surface area contributed by atoms with E-state index in [4.69, 9.17) is 11.6 Å². The van der Waals surface area contributed by atoms with Gasteiger partial charge in [0.25, 0.3) is 0 Å². The quantitative estimate of drug-likeness (QED) is 0.564. The van der Waals surface area contributed by atoms with E-state index in [1.54, 1.807) is 13.0 Å². The van der Waals surface area contributed by atoms with Gasteiger partial charge in [-0.1, -0.05) is 23.3 Å². The van der Waals surface area contributed by atoms with Crippen LogP contribution in [-0.4, -0.2) is 24.3 Å². The SMILES string of the molecule is C=CC[C@@H](C(=O)OC)[C@H](O)CC(C)=CCl. The van der Waals surface area contributed by atoms with Crippen LogP contribution in [0.15, 0.2) is 23.8 Å². The Kier molecular flexibility index (Phi) is 7.09. The Labute approximate surface area is 95.4 Å². The smallest absolute Gasteiger partial charge is 0.311 e. The lowest BCUT2D eigenvalue weighted by Crippen LogP contribution is -2.29. The van der Waals surface area contributed by atoms with Crippen LogP contribution in [-0.2, 0) is 9.53 Å². The molecule has 0 spiro atoms. The molecule has 0 heterocycles. The minimum absolute atomic E-state index is 0.358. The second-order valence-corrected chi connectivity index (χ2v) is 3.60. The molecular formula is C11H17ClO3. The van der Waals surface area contributed by atoms with Gasteiger partial charge in [-0.15, -0.1) is 6.58 Å². The average Bonchev–Trinajstić information content (AvgIpc) is 2.24. The van der Waals surface area contributed by atoms with Crippen molar-refractivity contribution in [1.82, 2.24) is 0 Å². The van der Waals surface area contributed by atoms with Gasteiger partial charge >= 0.3 is 5.97 Å². The highest BCUT2D eigenvalue weighted by Gasteiger charge is 2.26. The number of aliphatic hydroxyl groups excluding tert-OH is 1. The number of carbonyl (C=O) groups is 1. The molecule has 15 heavy (non-hydrogen) atoms. The highest BCUT2D eigenvalue weighted by atomic mass is 35.5. The van der Waals surface area contributed by atoms with Crippen molar-refractivity contribution in [3.8, 4) is 0 Å². The molecule has 0 unspecified atom stereocenters. The molecule has 2 atom stereocenters. The number of esters is 1. The van der Waals surface area contributed by atoms with Crippen molar-refractivity contribution >= 4 is 17.6 Å². The van der Waals surface area contributed by atoms with Gasteiger partial charge in [-0.2, -0.15) is 0 Å². The Morgan fingerprint density at radius 2 is 2.27 bits per heavy atom. The van der Waals surface area contributed by atoms with Gasteiger partial charge < -0.3 is 9.84 Å². The number of methoxy groups -OCH3 is 1. The fourth-order valence-corrected chi connectivity index (χ4v) is 1.35. The summed E-state index contributed by atoms with van der Waals surface area (Å²) in [6, 6.07) is 0. The average molecular weight is 233 g/mol. The Morgan fingerprint density at radius 3 is 2.67 bits per heavy atom. The van der Waals surface area contributed by atoms with E-state index in [9.17, 15) is 9.90 Å². The number of carbonyl (C=O) groups excluding carboxylic acids is 1. The summed E-state index contributed by atoms with van der Waals surface area (Å²) < 4.78 is 4.60. The van der Waals surface area contributed by atoms with Gasteiger partial charge in [0, 0.05) is 5.54 Å². The van der Waals surface area contributed by atoms with Crippen LogP contribution in [0.3, 0.4) is 0 Å². The predicted octanol–water partition coefficient (Wildman–Crippen LogP) is 2.25. The van der Waals surface area contributed by atoms with Gasteiger partial charge in [-0.3, -0.25) is 4.79 Å². The zero-order valence-electron chi connectivity index (χ0n) is 9.07. The minimum Gasteiger partial charge on any atom is -0.469 e. The van der Waals surface area contributed by atoms with Gasteiger partial charge in [0.15, 0.2) is 0 Å². The number of ether oxygens (including phenoxy) is 1. The van der Waals surface area contributed by atoms with Crippen molar-refractivity contribution < 1.29 is 14.6 Å². The normalized spacial score (nSPS) is 15.6. The molecule has 0 aromatic rings. The maximum absolute atomic E-state index is 11.3. The van der Waals surface area contributed by atoms with E-state index < -0.39 is 18.0 Å². The lowest BCUT2D eigenvalue weighted by Gasteiger charge is -2.19. The standard InChI is InChI=1S/C11H17ClO3/c1-4-5-9(11(14)15-3)10(13)6-8(2)7-12/h4,7,9-10,13H,1,5-6H2,2-3H3/t9-,10-/m1/s1. The molecule has 0 fully saturated rings. The van der Waals surface area contributed by atoms with Gasteiger partial charge in [-0.25, -0.2) is 0 Å². The molecule has 0 aliphatic heterocycles. The summed E-state index contributed by atoms with van der Waals surface area (Å²) in [6.45, 7) is 5.33. The molecule has 0 amide bonds. The summed E-state index contributed by atoms with van der Waals surface area (Å²) >= 11 is 5.48. The largest absolute Gasteiger partial charge is 0.469 e. The predicted molar refractivity (Wildman–Crippen MR) is 60.6 cm³/mol. The first kappa shape index (κ1) is 14.2. The summed E-state index contributed by atoms with van der Waals surface area (Å²) in [5, 5.41) is 9.80. The van der Waals surface area contributed by atoms with Crippen LogP contribution in [0.1, 0.15) is 19.8 Å². The molecule has 0 bridgehead atoms. The zero-order valence-corrected chi connectivity index (χ0v) is 9.83. The molecule has 4 heteroatoms. The molecule has 0 saturated heterocycles. The number of aliphatic hydroxyl groups is 1. The number of hydrogen-bond donors (Lipinski definition) is 1. The minimum atomic E-state index is -0.787. The van der Waals surface area contributed by atoms with Crippen LogP contribution >= 0.6 is 11.6 Å². The van der Waals surface area contributed by atoms with Crippen LogP contribution in [0.25, 0.3) is 0 Å². The van der Waals surface area contributed by atoms with Crippen LogP contribution in [0.4, 0.5) is 0 Å². The molecule has 0 rings (SSSR count). The van der Waals surface area contributed by atoms with E-state index in [0.29, 0.717) is 12.8 Å². The monoisotopic (exact) mass is 232 g/mol. The summed E-state index contributed by atoms with van der Waals surface area (Å²) in [5.74, 6) is -0.996. The van der Waals surface area contributed by atoms with E-state index in [-0.39, 0.29) is 0 Å². The highest BCUT2D eigenvalue weighted by Crippen LogP contribution is 2.18. The maximum Gasteiger partial charge on any atom is 0.311 e. The van der Waals surface area contributed by atoms with E-state index in [2.05, 4.69) is 11.3 Å². The fraction of sp³-hybridized carbons (Fsp3) is 0.545. The summed E-state index contributed by atoms with van der Waals surface area (Å²) in [7, 11) is 1.30. The van der Waals surface area contributed by atoms with Crippen molar-refractivity contribution in [1.29, 1.82) is 0 Å². The van der Waals surface area contributed by atoms with Gasteiger partial charge in [0.1, 0.15) is 0 Å². The first-order valence-corrected chi connectivity index (χ1v) is 5.13. The second kappa shape index (κ2) is 7.49. The summed E-state index contributed by atoms with van der Waals surface area (Å²) in [4.78, 5) is 11.3. The molecule has 0 saturated carbocycles. The number of hydrogen-bond acceptors (Lipinski definition) is 3. The summed E-state index contributed by atoms with van der Waals surface area (Å²) in [6.07, 6.45) is 1.55. The Balaban J connectivity index is 4.47. The molecule has 86 valence electrons. The third-order valence-corrected chi connectivity index (χ3v) is 2.48. The van der Waals surface area contributed by atoms with E-state index in [1.165, 1.54) is 12.6 Å². The first-order valence-electron chi connectivity index (χ1n) is 4.69. The lowest BCUT2D eigenvalue weighted by atomic mass is 9.94. The Bertz CT molecular complexity index is 248. The van der Waals surface area contributed by atoms with Gasteiger partial charge in [0.2, 0.25) is 0 Å². The maximum atomic E-state index is 11.3. The van der Waals surface area contributed by atoms with Crippen molar-refractivity contribution in [3.63, 3.8) is 0 Å². The fourth-order valence-electron chi connectivity index (χ4n) is 1.26. The third-order valence-electron chi connectivity index (χ3n) is 2.11. The molecule has 1 N–H and O–H groups in total. The van der Waals surface area contributed by atoms with Crippen LogP contribution in [0.5, 0.6) is 0 Å². The van der Waals surface area contributed by atoms with Crippen molar-refractivity contribution in [2.45, 2.75) is 25.9 Å². The van der Waals surface area contributed by atoms with Crippen LogP contribution < -0.4 is 0 Å². The topological polar surface area (TPSA) is 46.5 Å². The van der Waals surface area contributed by atoms with E-state index in [1.807, 2.05) is 0 Å². The molecule has 0 radical (unpaired) electrons. The summed E-state index contributed by atoms with van der Waals surface area (Å²) in [5.41, 5.74) is 2.22. The molecule has 3 nitrogen and oxygen atoms in total. The van der Waals surface area contributed by atoms with Gasteiger partial charge in [-0.05, 0) is 19.8 Å². The van der Waals surface area contributed by atoms with Crippen molar-refractivity contribution in [2.75, 3.05) is 7.11 Å². The number of allylic oxidation sites excluding steroid dienone is 1. The van der Waals surface area contributed by atoms with E-state index >= 15 is 0 Å². The molecule has 0 aromatic heterocycles. The third kappa shape index (κ3) is 5.00. The van der Waals surface area contributed by atoms with E-state index in [0.717, 1.165) is 5.57 Å². The van der Waals surface area contributed by atoms with Crippen LogP contribution in [0.2, 0.25) is 0 Å². The number of rotatable bonds is 6. The molecular weight excluding hydrogens is 216 g/mol. The van der Waals surface area contributed by atoms with Crippen molar-refractivity contribution in [2.24, 2.45) is 5.92 Å². The van der Waals surface area contributed by atoms with Gasteiger partial charge in [0.05, 0.1) is 19.1 Å². The zero-order chi connectivity index (χ0) is 11.8. The first-order chi connectivity index (χ1) is 7.06. The molecule has 0 aliphatic carbocycles.